The van der Waals surface area contributed by atoms with Crippen molar-refractivity contribution in [3.63, 3.8) is 0 Å². The lowest BCUT2D eigenvalue weighted by atomic mass is 10.1. The Balaban J connectivity index is 2.96. The Hall–Kier alpha value is -2.11. The van der Waals surface area contributed by atoms with Crippen LogP contribution in [0.5, 0.6) is 0 Å². The van der Waals surface area contributed by atoms with Crippen molar-refractivity contribution >= 4 is 17.6 Å². The molecule has 0 radical (unpaired) electrons. The van der Waals surface area contributed by atoms with Gasteiger partial charge in [-0.1, -0.05) is 6.92 Å². The first kappa shape index (κ1) is 14.9. The Labute approximate surface area is 111 Å². The van der Waals surface area contributed by atoms with E-state index in [-0.39, 0.29) is 17.4 Å². The highest BCUT2D eigenvalue weighted by Crippen LogP contribution is 2.21. The van der Waals surface area contributed by atoms with Gasteiger partial charge in [-0.05, 0) is 18.2 Å². The first-order valence-corrected chi connectivity index (χ1v) is 5.82. The van der Waals surface area contributed by atoms with Gasteiger partial charge in [-0.2, -0.15) is 0 Å². The van der Waals surface area contributed by atoms with Crippen LogP contribution in [-0.2, 0) is 4.79 Å². The van der Waals surface area contributed by atoms with E-state index in [1.165, 1.54) is 12.1 Å². The van der Waals surface area contributed by atoms with Gasteiger partial charge in [0.05, 0.1) is 17.2 Å². The molecule has 0 saturated heterocycles. The summed E-state index contributed by atoms with van der Waals surface area (Å²) in [6.07, 6.45) is 0. The molecule has 1 aromatic rings. The van der Waals surface area contributed by atoms with Crippen molar-refractivity contribution in [2.45, 2.75) is 6.92 Å². The van der Waals surface area contributed by atoms with E-state index in [4.69, 9.17) is 5.11 Å². The van der Waals surface area contributed by atoms with E-state index in [1.807, 2.05) is 0 Å². The average molecular weight is 268 g/mol. The number of carboxylic acid groups (broad SMARTS) is 1. The van der Waals surface area contributed by atoms with Gasteiger partial charge in [0.1, 0.15) is 5.82 Å². The molecule has 1 aromatic carbocycles. The highest BCUT2D eigenvalue weighted by Gasteiger charge is 2.18. The fourth-order valence-corrected chi connectivity index (χ4v) is 1.85. The number of rotatable bonds is 5. The van der Waals surface area contributed by atoms with Crippen molar-refractivity contribution in [1.82, 2.24) is 5.32 Å². The molecule has 0 heterocycles. The predicted octanol–water partition coefficient (Wildman–Crippen LogP) is 1.34. The first-order valence-electron chi connectivity index (χ1n) is 5.82. The van der Waals surface area contributed by atoms with Crippen molar-refractivity contribution in [1.29, 1.82) is 0 Å². The van der Waals surface area contributed by atoms with Crippen molar-refractivity contribution in [2.24, 2.45) is 5.92 Å². The summed E-state index contributed by atoms with van der Waals surface area (Å²) in [6.45, 7) is 2.07. The maximum absolute atomic E-state index is 13.1. The van der Waals surface area contributed by atoms with Gasteiger partial charge in [-0.25, -0.2) is 9.18 Å². The number of carbonyl (C=O) groups excluding carboxylic acids is 1. The number of carboxylic acids is 1. The number of nitrogens with one attached hydrogen (secondary N) is 1. The van der Waals surface area contributed by atoms with E-state index >= 15 is 0 Å². The quantitative estimate of drug-likeness (QED) is 0.845. The summed E-state index contributed by atoms with van der Waals surface area (Å²) in [5.74, 6) is -2.24. The van der Waals surface area contributed by atoms with Crippen LogP contribution in [0.3, 0.4) is 0 Å². The van der Waals surface area contributed by atoms with Crippen LogP contribution < -0.4 is 10.2 Å². The van der Waals surface area contributed by atoms with Gasteiger partial charge in [0, 0.05) is 20.6 Å². The summed E-state index contributed by atoms with van der Waals surface area (Å²) < 4.78 is 13.1. The summed E-state index contributed by atoms with van der Waals surface area (Å²) in [5.41, 5.74) is 0.260. The molecule has 5 nitrogen and oxygen atoms in total. The van der Waals surface area contributed by atoms with Crippen LogP contribution in [0.4, 0.5) is 10.1 Å². The van der Waals surface area contributed by atoms with Crippen LogP contribution in [0.2, 0.25) is 0 Å². The monoisotopic (exact) mass is 268 g/mol. The van der Waals surface area contributed by atoms with E-state index in [1.54, 1.807) is 25.9 Å². The maximum Gasteiger partial charge on any atom is 0.337 e. The number of halogens is 1. The van der Waals surface area contributed by atoms with Gasteiger partial charge in [0.2, 0.25) is 5.91 Å². The minimum atomic E-state index is -1.20. The Morgan fingerprint density at radius 1 is 1.47 bits per heavy atom. The highest BCUT2D eigenvalue weighted by molar-refractivity contribution is 5.94. The topological polar surface area (TPSA) is 69.6 Å². The fraction of sp³-hybridized carbons (Fsp3) is 0.385. The number of carbonyl (C=O) groups is 2. The third-order valence-corrected chi connectivity index (χ3v) is 2.84. The van der Waals surface area contributed by atoms with Gasteiger partial charge in [-0.3, -0.25) is 4.79 Å². The normalized spacial score (nSPS) is 11.8. The second-order valence-corrected chi connectivity index (χ2v) is 4.36. The molecule has 0 bridgehead atoms. The van der Waals surface area contributed by atoms with Crippen molar-refractivity contribution < 1.29 is 19.1 Å². The number of amides is 1. The van der Waals surface area contributed by atoms with Crippen LogP contribution in [0.1, 0.15) is 17.3 Å². The standard InChI is InChI=1S/C13H17FN2O3/c1-8(12(17)15-2)7-16(3)11-5-4-9(14)6-10(11)13(18)19/h4-6,8H,7H2,1-3H3,(H,15,17)(H,18,19). The zero-order valence-corrected chi connectivity index (χ0v) is 11.1. The van der Waals surface area contributed by atoms with Crippen molar-refractivity contribution in [3.8, 4) is 0 Å². The van der Waals surface area contributed by atoms with Gasteiger partial charge in [-0.15, -0.1) is 0 Å². The lowest BCUT2D eigenvalue weighted by molar-refractivity contribution is -0.123. The Morgan fingerprint density at radius 3 is 2.63 bits per heavy atom. The molecular formula is C13H17FN2O3. The minimum absolute atomic E-state index is 0.119. The number of hydrogen-bond acceptors (Lipinski definition) is 3. The lowest BCUT2D eigenvalue weighted by Crippen LogP contribution is -2.34. The molecule has 1 rings (SSSR count). The van der Waals surface area contributed by atoms with Crippen LogP contribution in [0.25, 0.3) is 0 Å². The molecule has 2 N–H and O–H groups in total. The van der Waals surface area contributed by atoms with Crippen LogP contribution >= 0.6 is 0 Å². The summed E-state index contributed by atoms with van der Waals surface area (Å²) in [6, 6.07) is 3.57. The van der Waals surface area contributed by atoms with Crippen molar-refractivity contribution in [3.05, 3.63) is 29.6 Å². The lowest BCUT2D eigenvalue weighted by Gasteiger charge is -2.24. The highest BCUT2D eigenvalue weighted by atomic mass is 19.1. The molecule has 1 atom stereocenters. The molecular weight excluding hydrogens is 251 g/mol. The van der Waals surface area contributed by atoms with Crippen molar-refractivity contribution in [2.75, 3.05) is 25.5 Å². The Morgan fingerprint density at radius 2 is 2.11 bits per heavy atom. The molecule has 0 aliphatic rings. The molecule has 0 aliphatic heterocycles. The van der Waals surface area contributed by atoms with Crippen LogP contribution in [0.15, 0.2) is 18.2 Å². The predicted molar refractivity (Wildman–Crippen MR) is 69.9 cm³/mol. The van der Waals surface area contributed by atoms with E-state index < -0.39 is 11.8 Å². The molecule has 1 amide bonds. The summed E-state index contributed by atoms with van der Waals surface area (Å²) in [7, 11) is 3.21. The largest absolute Gasteiger partial charge is 0.478 e. The molecule has 0 spiro atoms. The SMILES string of the molecule is CNC(=O)C(C)CN(C)c1ccc(F)cc1C(=O)O. The second kappa shape index (κ2) is 6.17. The Kier molecular flexibility index (Phi) is 4.86. The summed E-state index contributed by atoms with van der Waals surface area (Å²) >= 11 is 0. The fourth-order valence-electron chi connectivity index (χ4n) is 1.85. The zero-order valence-electron chi connectivity index (χ0n) is 11.1. The minimum Gasteiger partial charge on any atom is -0.478 e. The van der Waals surface area contributed by atoms with Crippen LogP contribution in [-0.4, -0.2) is 37.6 Å². The van der Waals surface area contributed by atoms with Gasteiger partial charge < -0.3 is 15.3 Å². The van der Waals surface area contributed by atoms with Gasteiger partial charge in [0.25, 0.3) is 0 Å². The number of hydrogen-bond donors (Lipinski definition) is 2. The molecule has 104 valence electrons. The average Bonchev–Trinajstić information content (AvgIpc) is 2.37. The molecule has 0 aliphatic carbocycles. The first-order chi connectivity index (χ1) is 8.86. The molecule has 0 fully saturated rings. The summed E-state index contributed by atoms with van der Waals surface area (Å²) in [5, 5.41) is 11.6. The summed E-state index contributed by atoms with van der Waals surface area (Å²) in [4.78, 5) is 24.1. The van der Waals surface area contributed by atoms with E-state index in [9.17, 15) is 14.0 Å². The smallest absolute Gasteiger partial charge is 0.337 e. The number of aromatic carboxylic acids is 1. The van der Waals surface area contributed by atoms with Gasteiger partial charge in [0.15, 0.2) is 0 Å². The molecule has 0 saturated carbocycles. The number of benzene rings is 1. The third kappa shape index (κ3) is 3.67. The van der Waals surface area contributed by atoms with E-state index in [2.05, 4.69) is 5.32 Å². The zero-order chi connectivity index (χ0) is 14.6. The number of nitrogens with zero attached hydrogens (tertiary/aromatic N) is 1. The molecule has 6 heteroatoms. The van der Waals surface area contributed by atoms with Gasteiger partial charge >= 0.3 is 5.97 Å². The Bertz CT molecular complexity index is 491. The van der Waals surface area contributed by atoms with E-state index in [0.29, 0.717) is 12.2 Å². The van der Waals surface area contributed by atoms with Crippen LogP contribution in [0, 0.1) is 11.7 Å². The second-order valence-electron chi connectivity index (χ2n) is 4.36. The molecule has 0 aromatic heterocycles. The maximum atomic E-state index is 13.1. The van der Waals surface area contributed by atoms with E-state index in [0.717, 1.165) is 6.07 Å². The molecule has 19 heavy (non-hydrogen) atoms. The third-order valence-electron chi connectivity index (χ3n) is 2.84. The number of anilines is 1. The molecule has 1 unspecified atom stereocenters.